The summed E-state index contributed by atoms with van der Waals surface area (Å²) in [6.07, 6.45) is 4.30. The summed E-state index contributed by atoms with van der Waals surface area (Å²) in [6, 6.07) is 0. The normalized spacial score (nSPS) is 10.7. The molecule has 0 atom stereocenters. The Kier molecular flexibility index (Phi) is 9.49. The van der Waals surface area contributed by atoms with E-state index in [0.29, 0.717) is 0 Å². The number of ether oxygens (including phenoxy) is 1. The standard InChI is InChI=1S/C11H23NO/c1-4-7-12-8-10-13-9-5-6-11(2)3/h4,11-12H,1,5-10H2,2-3H3. The van der Waals surface area contributed by atoms with Gasteiger partial charge in [-0.25, -0.2) is 0 Å². The van der Waals surface area contributed by atoms with Crippen LogP contribution >= 0.6 is 0 Å². The van der Waals surface area contributed by atoms with Crippen LogP contribution in [0.4, 0.5) is 0 Å². The molecule has 0 aromatic rings. The second-order valence-corrected chi connectivity index (χ2v) is 3.64. The molecule has 0 saturated heterocycles. The van der Waals surface area contributed by atoms with E-state index in [-0.39, 0.29) is 0 Å². The minimum Gasteiger partial charge on any atom is -0.380 e. The summed E-state index contributed by atoms with van der Waals surface area (Å²) in [4.78, 5) is 0. The summed E-state index contributed by atoms with van der Waals surface area (Å²) in [6.45, 7) is 11.6. The van der Waals surface area contributed by atoms with Crippen LogP contribution in [0.3, 0.4) is 0 Å². The van der Waals surface area contributed by atoms with Gasteiger partial charge in [0.05, 0.1) is 6.61 Å². The Hall–Kier alpha value is -0.340. The van der Waals surface area contributed by atoms with Gasteiger partial charge in [-0.1, -0.05) is 19.9 Å². The van der Waals surface area contributed by atoms with Crippen LogP contribution in [0.1, 0.15) is 26.7 Å². The third-order valence-corrected chi connectivity index (χ3v) is 1.78. The van der Waals surface area contributed by atoms with Crippen LogP contribution in [0.5, 0.6) is 0 Å². The van der Waals surface area contributed by atoms with Crippen molar-refractivity contribution in [1.29, 1.82) is 0 Å². The Morgan fingerprint density at radius 2 is 2.15 bits per heavy atom. The molecule has 0 aliphatic rings. The smallest absolute Gasteiger partial charge is 0.0591 e. The highest BCUT2D eigenvalue weighted by Gasteiger charge is 1.93. The van der Waals surface area contributed by atoms with Crippen molar-refractivity contribution >= 4 is 0 Å². The molecule has 0 heterocycles. The topological polar surface area (TPSA) is 21.3 Å². The highest BCUT2D eigenvalue weighted by Crippen LogP contribution is 2.02. The Morgan fingerprint density at radius 1 is 1.38 bits per heavy atom. The molecule has 0 amide bonds. The first kappa shape index (κ1) is 12.7. The average Bonchev–Trinajstić information content (AvgIpc) is 2.09. The largest absolute Gasteiger partial charge is 0.380 e. The number of nitrogens with one attached hydrogen (secondary N) is 1. The fourth-order valence-electron chi connectivity index (χ4n) is 1.04. The van der Waals surface area contributed by atoms with E-state index in [2.05, 4.69) is 25.7 Å². The van der Waals surface area contributed by atoms with Gasteiger partial charge in [-0.15, -0.1) is 6.58 Å². The predicted molar refractivity (Wildman–Crippen MR) is 58.0 cm³/mol. The van der Waals surface area contributed by atoms with E-state index < -0.39 is 0 Å². The SMILES string of the molecule is C=CCNCCOCCCC(C)C. The lowest BCUT2D eigenvalue weighted by atomic mass is 10.1. The molecular formula is C11H23NO. The first-order valence-corrected chi connectivity index (χ1v) is 5.16. The molecule has 0 aromatic carbocycles. The summed E-state index contributed by atoms with van der Waals surface area (Å²) in [5.41, 5.74) is 0. The Labute approximate surface area is 82.4 Å². The maximum atomic E-state index is 5.43. The second kappa shape index (κ2) is 9.75. The zero-order valence-corrected chi connectivity index (χ0v) is 9.01. The van der Waals surface area contributed by atoms with Crippen molar-refractivity contribution in [1.82, 2.24) is 5.32 Å². The van der Waals surface area contributed by atoms with Gasteiger partial charge in [0.15, 0.2) is 0 Å². The van der Waals surface area contributed by atoms with Gasteiger partial charge in [0.25, 0.3) is 0 Å². The van der Waals surface area contributed by atoms with Crippen LogP contribution in [0, 0.1) is 5.92 Å². The molecular weight excluding hydrogens is 162 g/mol. The van der Waals surface area contributed by atoms with E-state index in [1.807, 2.05) is 6.08 Å². The van der Waals surface area contributed by atoms with E-state index in [4.69, 9.17) is 4.74 Å². The van der Waals surface area contributed by atoms with Crippen LogP contribution < -0.4 is 5.32 Å². The molecule has 0 unspecified atom stereocenters. The molecule has 2 heteroatoms. The van der Waals surface area contributed by atoms with Crippen molar-refractivity contribution in [2.75, 3.05) is 26.3 Å². The van der Waals surface area contributed by atoms with Gasteiger partial charge in [0.1, 0.15) is 0 Å². The Balaban J connectivity index is 2.87. The van der Waals surface area contributed by atoms with Gasteiger partial charge >= 0.3 is 0 Å². The fraction of sp³-hybridized carbons (Fsp3) is 0.818. The van der Waals surface area contributed by atoms with Crippen molar-refractivity contribution in [2.24, 2.45) is 5.92 Å². The highest BCUT2D eigenvalue weighted by atomic mass is 16.5. The van der Waals surface area contributed by atoms with E-state index >= 15 is 0 Å². The highest BCUT2D eigenvalue weighted by molar-refractivity contribution is 4.68. The number of hydrogen-bond acceptors (Lipinski definition) is 2. The Morgan fingerprint density at radius 3 is 2.77 bits per heavy atom. The molecule has 0 bridgehead atoms. The maximum Gasteiger partial charge on any atom is 0.0591 e. The predicted octanol–water partition coefficient (Wildman–Crippen LogP) is 2.21. The van der Waals surface area contributed by atoms with Gasteiger partial charge in [-0.2, -0.15) is 0 Å². The molecule has 0 radical (unpaired) electrons. The molecule has 0 saturated carbocycles. The zero-order valence-electron chi connectivity index (χ0n) is 9.01. The lowest BCUT2D eigenvalue weighted by molar-refractivity contribution is 0.130. The minimum absolute atomic E-state index is 0.794. The summed E-state index contributed by atoms with van der Waals surface area (Å²) < 4.78 is 5.43. The molecule has 13 heavy (non-hydrogen) atoms. The van der Waals surface area contributed by atoms with Crippen LogP contribution in [0.2, 0.25) is 0 Å². The van der Waals surface area contributed by atoms with Crippen LogP contribution in [-0.2, 0) is 4.74 Å². The molecule has 1 N–H and O–H groups in total. The van der Waals surface area contributed by atoms with E-state index in [0.717, 1.165) is 32.2 Å². The molecule has 0 rings (SSSR count). The van der Waals surface area contributed by atoms with Gasteiger partial charge < -0.3 is 10.1 Å². The third-order valence-electron chi connectivity index (χ3n) is 1.78. The summed E-state index contributed by atoms with van der Waals surface area (Å²) in [7, 11) is 0. The number of hydrogen-bond donors (Lipinski definition) is 1. The summed E-state index contributed by atoms with van der Waals surface area (Å²) in [5.74, 6) is 0.794. The molecule has 0 aliphatic carbocycles. The lowest BCUT2D eigenvalue weighted by Crippen LogP contribution is -2.19. The molecule has 78 valence electrons. The van der Waals surface area contributed by atoms with Crippen LogP contribution in [0.15, 0.2) is 12.7 Å². The van der Waals surface area contributed by atoms with Crippen molar-refractivity contribution in [3.05, 3.63) is 12.7 Å². The average molecular weight is 185 g/mol. The van der Waals surface area contributed by atoms with Crippen molar-refractivity contribution in [2.45, 2.75) is 26.7 Å². The van der Waals surface area contributed by atoms with Gasteiger partial charge in [0, 0.05) is 19.7 Å². The summed E-state index contributed by atoms with van der Waals surface area (Å²) >= 11 is 0. The number of rotatable bonds is 9. The lowest BCUT2D eigenvalue weighted by Gasteiger charge is -2.06. The zero-order chi connectivity index (χ0) is 9.94. The summed E-state index contributed by atoms with van der Waals surface area (Å²) in [5, 5.41) is 3.19. The van der Waals surface area contributed by atoms with Gasteiger partial charge in [-0.3, -0.25) is 0 Å². The van der Waals surface area contributed by atoms with Gasteiger partial charge in [-0.05, 0) is 18.8 Å². The molecule has 0 fully saturated rings. The molecule has 0 aromatic heterocycles. The monoisotopic (exact) mass is 185 g/mol. The molecule has 0 spiro atoms. The van der Waals surface area contributed by atoms with E-state index in [1.165, 1.54) is 12.8 Å². The molecule has 0 aliphatic heterocycles. The van der Waals surface area contributed by atoms with Crippen molar-refractivity contribution in [3.63, 3.8) is 0 Å². The third kappa shape index (κ3) is 11.7. The van der Waals surface area contributed by atoms with Crippen molar-refractivity contribution < 1.29 is 4.74 Å². The minimum atomic E-state index is 0.794. The fourth-order valence-corrected chi connectivity index (χ4v) is 1.04. The van der Waals surface area contributed by atoms with Crippen molar-refractivity contribution in [3.8, 4) is 0 Å². The van der Waals surface area contributed by atoms with Gasteiger partial charge in [0.2, 0.25) is 0 Å². The first-order chi connectivity index (χ1) is 6.27. The van der Waals surface area contributed by atoms with E-state index in [1.54, 1.807) is 0 Å². The van der Waals surface area contributed by atoms with E-state index in [9.17, 15) is 0 Å². The maximum absolute atomic E-state index is 5.43. The Bertz CT molecular complexity index is 113. The molecule has 2 nitrogen and oxygen atoms in total. The van der Waals surface area contributed by atoms with Crippen LogP contribution in [0.25, 0.3) is 0 Å². The van der Waals surface area contributed by atoms with Crippen LogP contribution in [-0.4, -0.2) is 26.3 Å². The second-order valence-electron chi connectivity index (χ2n) is 3.64. The quantitative estimate of drug-likeness (QED) is 0.439. The first-order valence-electron chi connectivity index (χ1n) is 5.16.